The summed E-state index contributed by atoms with van der Waals surface area (Å²) in [5.74, 6) is 0.354. The highest BCUT2D eigenvalue weighted by atomic mass is 19.3. The van der Waals surface area contributed by atoms with Gasteiger partial charge in [-0.15, -0.1) is 0 Å². The van der Waals surface area contributed by atoms with Gasteiger partial charge in [0.2, 0.25) is 0 Å². The molecule has 0 bridgehead atoms. The Labute approximate surface area is 336 Å². The summed E-state index contributed by atoms with van der Waals surface area (Å²) in [5.41, 5.74) is 12.2. The molecule has 0 aliphatic carbocycles. The smallest absolute Gasteiger partial charge is 0.387 e. The van der Waals surface area contributed by atoms with Crippen LogP contribution in [0.1, 0.15) is 79.3 Å². The maximum Gasteiger partial charge on any atom is 0.387 e. The van der Waals surface area contributed by atoms with Crippen molar-refractivity contribution in [3.05, 3.63) is 179 Å². The highest BCUT2D eigenvalue weighted by molar-refractivity contribution is 5.65. The highest BCUT2D eigenvalue weighted by Gasteiger charge is 2.07. The summed E-state index contributed by atoms with van der Waals surface area (Å²) in [6.07, 6.45) is 12.7. The molecule has 0 heterocycles. The SMILES string of the molecule is CCCCCc1ccc(CCc2ccc(-c3ccc(OC(F)F)cc3)cc2)cc1.CCCCc1ccc(CCc2ccc(-c3ccc(OC(F)F)cc3)cc2)cc1. The molecule has 0 fully saturated rings. The molecule has 2 nitrogen and oxygen atoms in total. The first kappa shape index (κ1) is 42.8. The monoisotopic (exact) mass is 774 g/mol. The number of alkyl halides is 4. The van der Waals surface area contributed by atoms with Crippen LogP contribution in [0.15, 0.2) is 146 Å². The first-order chi connectivity index (χ1) is 27.8. The maximum atomic E-state index is 12.2. The fourth-order valence-corrected chi connectivity index (χ4v) is 6.67. The average Bonchev–Trinajstić information content (AvgIpc) is 3.23. The summed E-state index contributed by atoms with van der Waals surface area (Å²) in [6, 6.07) is 48.3. The second kappa shape index (κ2) is 23.0. The lowest BCUT2D eigenvalue weighted by Gasteiger charge is -2.08. The van der Waals surface area contributed by atoms with Crippen LogP contribution in [0.5, 0.6) is 11.5 Å². The summed E-state index contributed by atoms with van der Waals surface area (Å²) in [7, 11) is 0. The molecule has 298 valence electrons. The average molecular weight is 775 g/mol. The first-order valence-electron chi connectivity index (χ1n) is 20.2. The second-order valence-electron chi connectivity index (χ2n) is 14.4. The molecule has 0 aliphatic rings. The van der Waals surface area contributed by atoms with E-state index < -0.39 is 13.2 Å². The van der Waals surface area contributed by atoms with Gasteiger partial charge in [0.15, 0.2) is 0 Å². The van der Waals surface area contributed by atoms with E-state index in [1.807, 2.05) is 0 Å². The Kier molecular flexibility index (Phi) is 17.3. The van der Waals surface area contributed by atoms with Crippen LogP contribution >= 0.6 is 0 Å². The number of ether oxygens (including phenoxy) is 2. The van der Waals surface area contributed by atoms with E-state index in [1.165, 1.54) is 71.9 Å². The molecule has 0 saturated carbocycles. The van der Waals surface area contributed by atoms with Crippen LogP contribution in [0.4, 0.5) is 17.6 Å². The lowest BCUT2D eigenvalue weighted by atomic mass is 9.99. The largest absolute Gasteiger partial charge is 0.435 e. The van der Waals surface area contributed by atoms with Crippen molar-refractivity contribution < 1.29 is 27.0 Å². The number of hydrogen-bond acceptors (Lipinski definition) is 2. The van der Waals surface area contributed by atoms with Crippen molar-refractivity contribution in [2.45, 2.75) is 97.7 Å². The Morgan fingerprint density at radius 2 is 0.561 bits per heavy atom. The number of unbranched alkanes of at least 4 members (excludes halogenated alkanes) is 3. The van der Waals surface area contributed by atoms with Gasteiger partial charge in [-0.25, -0.2) is 0 Å². The van der Waals surface area contributed by atoms with E-state index in [9.17, 15) is 17.6 Å². The summed E-state index contributed by atoms with van der Waals surface area (Å²) >= 11 is 0. The van der Waals surface area contributed by atoms with Crippen molar-refractivity contribution in [3.63, 3.8) is 0 Å². The van der Waals surface area contributed by atoms with Crippen molar-refractivity contribution in [1.29, 1.82) is 0 Å². The Morgan fingerprint density at radius 3 is 0.842 bits per heavy atom. The van der Waals surface area contributed by atoms with Crippen molar-refractivity contribution in [1.82, 2.24) is 0 Å². The standard InChI is InChI=1S/C26H28F2O.C25H26F2O/c1-2-3-4-5-20-6-8-21(9-7-20)10-11-22-12-14-23(15-13-22)24-16-18-25(19-17-24)29-26(27)28;1-2-3-4-19-5-7-20(8-6-19)9-10-21-11-13-22(14-12-21)23-15-17-24(18-16-23)28-25(26)27/h6-9,12-19,26H,2-5,10-11H2,1H3;5-8,11-18,25H,2-4,9-10H2,1H3. The van der Waals surface area contributed by atoms with Gasteiger partial charge in [0.05, 0.1) is 0 Å². The fraction of sp³-hybridized carbons (Fsp3) is 0.294. The van der Waals surface area contributed by atoms with E-state index >= 15 is 0 Å². The van der Waals surface area contributed by atoms with Crippen LogP contribution in [-0.2, 0) is 38.5 Å². The van der Waals surface area contributed by atoms with Gasteiger partial charge < -0.3 is 9.47 Å². The summed E-state index contributed by atoms with van der Waals surface area (Å²) < 4.78 is 57.7. The molecule has 0 spiro atoms. The van der Waals surface area contributed by atoms with Crippen LogP contribution in [0.3, 0.4) is 0 Å². The van der Waals surface area contributed by atoms with Crippen molar-refractivity contribution in [2.24, 2.45) is 0 Å². The Bertz CT molecular complexity index is 1990. The lowest BCUT2D eigenvalue weighted by molar-refractivity contribution is -0.0505. The number of hydrogen-bond donors (Lipinski definition) is 0. The zero-order chi connectivity index (χ0) is 40.2. The third-order valence-corrected chi connectivity index (χ3v) is 10.1. The van der Waals surface area contributed by atoms with Gasteiger partial charge in [0.25, 0.3) is 0 Å². The molecule has 0 saturated heterocycles. The molecular formula is C51H54F4O2. The second-order valence-corrected chi connectivity index (χ2v) is 14.4. The molecule has 0 aromatic heterocycles. The Balaban J connectivity index is 0.000000218. The van der Waals surface area contributed by atoms with Gasteiger partial charge in [0, 0.05) is 0 Å². The third-order valence-electron chi connectivity index (χ3n) is 10.1. The van der Waals surface area contributed by atoms with Crippen LogP contribution in [0, 0.1) is 0 Å². The zero-order valence-electron chi connectivity index (χ0n) is 33.1. The summed E-state index contributed by atoms with van der Waals surface area (Å²) in [6.45, 7) is -1.14. The normalized spacial score (nSPS) is 11.0. The number of halogens is 4. The molecule has 0 N–H and O–H groups in total. The van der Waals surface area contributed by atoms with Crippen LogP contribution < -0.4 is 9.47 Å². The van der Waals surface area contributed by atoms with Crippen molar-refractivity contribution >= 4 is 0 Å². The molecule has 57 heavy (non-hydrogen) atoms. The van der Waals surface area contributed by atoms with E-state index in [2.05, 4.69) is 120 Å². The third kappa shape index (κ3) is 14.9. The van der Waals surface area contributed by atoms with Gasteiger partial charge in [0.1, 0.15) is 11.5 Å². The summed E-state index contributed by atoms with van der Waals surface area (Å²) in [4.78, 5) is 0. The highest BCUT2D eigenvalue weighted by Crippen LogP contribution is 2.26. The molecule has 0 amide bonds. The minimum absolute atomic E-state index is 0.177. The minimum Gasteiger partial charge on any atom is -0.435 e. The van der Waals surface area contributed by atoms with Gasteiger partial charge in [-0.2, -0.15) is 17.6 Å². The van der Waals surface area contributed by atoms with Crippen LogP contribution in [-0.4, -0.2) is 13.2 Å². The van der Waals surface area contributed by atoms with Gasteiger partial charge in [-0.05, 0) is 131 Å². The number of aryl methyl sites for hydroxylation is 6. The van der Waals surface area contributed by atoms with E-state index in [-0.39, 0.29) is 11.5 Å². The van der Waals surface area contributed by atoms with E-state index in [4.69, 9.17) is 0 Å². The van der Waals surface area contributed by atoms with E-state index in [1.54, 1.807) is 48.5 Å². The number of benzene rings is 6. The Hall–Kier alpha value is -5.36. The maximum absolute atomic E-state index is 12.2. The van der Waals surface area contributed by atoms with Gasteiger partial charge in [-0.1, -0.05) is 154 Å². The lowest BCUT2D eigenvalue weighted by Crippen LogP contribution is -2.01. The first-order valence-corrected chi connectivity index (χ1v) is 20.2. The van der Waals surface area contributed by atoms with Crippen LogP contribution in [0.2, 0.25) is 0 Å². The zero-order valence-corrected chi connectivity index (χ0v) is 33.1. The van der Waals surface area contributed by atoms with Gasteiger partial charge >= 0.3 is 13.2 Å². The van der Waals surface area contributed by atoms with Crippen LogP contribution in [0.25, 0.3) is 22.3 Å². The van der Waals surface area contributed by atoms with Crippen molar-refractivity contribution in [2.75, 3.05) is 0 Å². The number of rotatable bonds is 19. The topological polar surface area (TPSA) is 18.5 Å². The molecule has 6 aromatic carbocycles. The molecule has 0 radical (unpaired) electrons. The van der Waals surface area contributed by atoms with Crippen molar-refractivity contribution in [3.8, 4) is 33.8 Å². The molecule has 0 aliphatic heterocycles. The molecule has 0 unspecified atom stereocenters. The predicted molar refractivity (Wildman–Crippen MR) is 227 cm³/mol. The summed E-state index contributed by atoms with van der Waals surface area (Å²) in [5, 5.41) is 0. The molecule has 6 rings (SSSR count). The minimum atomic E-state index is -2.79. The molecule has 0 atom stereocenters. The quantitative estimate of drug-likeness (QED) is 0.0603. The molecular weight excluding hydrogens is 721 g/mol. The molecule has 6 heteroatoms. The fourth-order valence-electron chi connectivity index (χ4n) is 6.67. The Morgan fingerprint density at radius 1 is 0.316 bits per heavy atom. The van der Waals surface area contributed by atoms with E-state index in [0.29, 0.717) is 0 Å². The van der Waals surface area contributed by atoms with Gasteiger partial charge in [-0.3, -0.25) is 0 Å². The predicted octanol–water partition coefficient (Wildman–Crippen LogP) is 14.6. The van der Waals surface area contributed by atoms with E-state index in [0.717, 1.165) is 54.4 Å². The molecule has 6 aromatic rings.